The van der Waals surface area contributed by atoms with Gasteiger partial charge in [-0.1, -0.05) is 41.2 Å². The Labute approximate surface area is 179 Å². The van der Waals surface area contributed by atoms with Crippen molar-refractivity contribution in [2.75, 3.05) is 0 Å². The molecule has 0 aliphatic rings. The molecule has 2 aromatic carbocycles. The summed E-state index contributed by atoms with van der Waals surface area (Å²) in [6.07, 6.45) is 0. The van der Waals surface area contributed by atoms with Gasteiger partial charge in [0.1, 0.15) is 11.3 Å². The molecule has 0 aliphatic carbocycles. The number of aromatic nitrogens is 6. The Morgan fingerprint density at radius 3 is 2.77 bits per heavy atom. The third-order valence-corrected chi connectivity index (χ3v) is 5.61. The van der Waals surface area contributed by atoms with Crippen LogP contribution in [0.25, 0.3) is 28.2 Å². The van der Waals surface area contributed by atoms with E-state index in [2.05, 4.69) is 25.4 Å². The van der Waals surface area contributed by atoms with Gasteiger partial charge < -0.3 is 4.52 Å². The first-order chi connectivity index (χ1) is 15.1. The third kappa shape index (κ3) is 3.73. The van der Waals surface area contributed by atoms with E-state index in [-0.39, 0.29) is 11.4 Å². The van der Waals surface area contributed by atoms with E-state index < -0.39 is 0 Å². The van der Waals surface area contributed by atoms with E-state index in [0.29, 0.717) is 39.4 Å². The van der Waals surface area contributed by atoms with Crippen LogP contribution in [-0.2, 0) is 5.75 Å². The van der Waals surface area contributed by atoms with Gasteiger partial charge in [0.25, 0.3) is 5.56 Å². The van der Waals surface area contributed by atoms with Crippen LogP contribution in [0.4, 0.5) is 4.39 Å². The number of fused-ring (bicyclic) bond motifs is 1. The molecule has 31 heavy (non-hydrogen) atoms. The van der Waals surface area contributed by atoms with E-state index in [1.165, 1.54) is 28.4 Å². The van der Waals surface area contributed by atoms with E-state index in [4.69, 9.17) is 4.52 Å². The van der Waals surface area contributed by atoms with E-state index in [9.17, 15) is 9.18 Å². The number of rotatable bonds is 5. The molecule has 0 aliphatic heterocycles. The number of aromatic amines is 1. The Morgan fingerprint density at radius 1 is 1.16 bits per heavy atom. The van der Waals surface area contributed by atoms with Gasteiger partial charge in [-0.15, -0.1) is 5.10 Å². The van der Waals surface area contributed by atoms with Crippen molar-refractivity contribution in [3.8, 4) is 22.6 Å². The molecule has 3 aromatic heterocycles. The fourth-order valence-corrected chi connectivity index (χ4v) is 3.86. The lowest BCUT2D eigenvalue weighted by atomic mass is 10.1. The van der Waals surface area contributed by atoms with Crippen LogP contribution in [0.5, 0.6) is 0 Å². The van der Waals surface area contributed by atoms with Crippen molar-refractivity contribution < 1.29 is 8.91 Å². The number of nitrogens with zero attached hydrogens (tertiary/aromatic N) is 5. The van der Waals surface area contributed by atoms with E-state index in [0.717, 1.165) is 11.1 Å². The Morgan fingerprint density at radius 2 is 1.97 bits per heavy atom. The second-order valence-corrected chi connectivity index (χ2v) is 7.73. The van der Waals surface area contributed by atoms with Gasteiger partial charge in [0, 0.05) is 11.1 Å². The second kappa shape index (κ2) is 7.80. The molecule has 5 aromatic rings. The maximum atomic E-state index is 13.2. The molecule has 3 heterocycles. The number of benzene rings is 2. The summed E-state index contributed by atoms with van der Waals surface area (Å²) in [4.78, 5) is 16.7. The van der Waals surface area contributed by atoms with Gasteiger partial charge in [-0.3, -0.25) is 4.79 Å². The average molecular weight is 434 g/mol. The third-order valence-electron chi connectivity index (χ3n) is 4.70. The van der Waals surface area contributed by atoms with Crippen molar-refractivity contribution in [1.29, 1.82) is 0 Å². The van der Waals surface area contributed by atoms with Gasteiger partial charge in [-0.25, -0.2) is 14.0 Å². The monoisotopic (exact) mass is 434 g/mol. The molecular weight excluding hydrogens is 419 g/mol. The van der Waals surface area contributed by atoms with Gasteiger partial charge in [0.15, 0.2) is 0 Å². The molecule has 0 saturated carbocycles. The molecule has 0 atom stereocenters. The first-order valence-electron chi connectivity index (χ1n) is 9.34. The number of nitrogens with one attached hydrogen (secondary N) is 1. The molecule has 0 saturated heterocycles. The van der Waals surface area contributed by atoms with Crippen LogP contribution in [0.15, 0.2) is 69.1 Å². The van der Waals surface area contributed by atoms with E-state index in [1.54, 1.807) is 18.2 Å². The molecule has 0 fully saturated rings. The highest BCUT2D eigenvalue weighted by Gasteiger charge is 2.15. The summed E-state index contributed by atoms with van der Waals surface area (Å²) >= 11 is 1.30. The predicted octanol–water partition coefficient (Wildman–Crippen LogP) is 3.87. The topological polar surface area (TPSA) is 102 Å². The largest absolute Gasteiger partial charge is 0.338 e. The van der Waals surface area contributed by atoms with Crippen LogP contribution in [0.2, 0.25) is 0 Å². The van der Waals surface area contributed by atoms with Gasteiger partial charge >= 0.3 is 0 Å². The molecule has 0 unspecified atom stereocenters. The molecular formula is C21H15FN6O2S. The van der Waals surface area contributed by atoms with Crippen LogP contribution >= 0.6 is 11.8 Å². The van der Waals surface area contributed by atoms with Crippen molar-refractivity contribution in [3.05, 3.63) is 82.2 Å². The summed E-state index contributed by atoms with van der Waals surface area (Å²) in [5.41, 5.74) is 3.16. The summed E-state index contributed by atoms with van der Waals surface area (Å²) in [5, 5.41) is 15.6. The van der Waals surface area contributed by atoms with Crippen LogP contribution in [0.3, 0.4) is 0 Å². The summed E-state index contributed by atoms with van der Waals surface area (Å²) in [5.74, 6) is 0.952. The van der Waals surface area contributed by atoms with Crippen molar-refractivity contribution in [1.82, 2.24) is 30.0 Å². The number of hydrogen-bond donors (Lipinski definition) is 1. The Balaban J connectivity index is 1.42. The minimum atomic E-state index is -0.371. The smallest absolute Gasteiger partial charge is 0.290 e. The molecule has 0 amide bonds. The fraction of sp³-hybridized carbons (Fsp3) is 0.0952. The van der Waals surface area contributed by atoms with Crippen molar-refractivity contribution in [2.45, 2.75) is 17.8 Å². The standard InChI is InChI=1S/C21H15FN6O2S/c1-12-4-2-3-5-15(12)19-23-18(30-27-19)11-31-21-25-24-20(29)17-10-16(26-28(17)21)13-6-8-14(22)9-7-13/h2-10H,11H2,1H3,(H,24,29). The minimum Gasteiger partial charge on any atom is -0.338 e. The summed E-state index contributed by atoms with van der Waals surface area (Å²) in [7, 11) is 0. The lowest BCUT2D eigenvalue weighted by molar-refractivity contribution is 0.391. The van der Waals surface area contributed by atoms with Crippen LogP contribution in [0.1, 0.15) is 11.5 Å². The zero-order chi connectivity index (χ0) is 21.4. The lowest BCUT2D eigenvalue weighted by Gasteiger charge is -2.00. The zero-order valence-electron chi connectivity index (χ0n) is 16.2. The number of H-pyrrole nitrogens is 1. The SMILES string of the molecule is Cc1ccccc1-c1noc(CSc2n[nH]c(=O)c3cc(-c4ccc(F)cc4)nn23)n1. The van der Waals surface area contributed by atoms with Crippen LogP contribution < -0.4 is 5.56 Å². The fourth-order valence-electron chi connectivity index (χ4n) is 3.12. The Hall–Kier alpha value is -3.79. The first-order valence-corrected chi connectivity index (χ1v) is 10.3. The summed E-state index contributed by atoms with van der Waals surface area (Å²) in [6.45, 7) is 1.98. The average Bonchev–Trinajstić information content (AvgIpc) is 3.42. The Kier molecular flexibility index (Phi) is 4.83. The molecule has 0 spiro atoms. The molecule has 0 bridgehead atoms. The normalized spacial score (nSPS) is 11.3. The van der Waals surface area contributed by atoms with Gasteiger partial charge in [0.2, 0.25) is 16.9 Å². The first kappa shape index (κ1) is 19.2. The van der Waals surface area contributed by atoms with Gasteiger partial charge in [0.05, 0.1) is 11.4 Å². The summed E-state index contributed by atoms with van der Waals surface area (Å²) in [6, 6.07) is 15.3. The van der Waals surface area contributed by atoms with Gasteiger partial charge in [-0.05, 0) is 42.8 Å². The maximum absolute atomic E-state index is 13.2. The number of hydrogen-bond acceptors (Lipinski definition) is 7. The molecule has 5 rings (SSSR count). The highest BCUT2D eigenvalue weighted by molar-refractivity contribution is 7.98. The molecule has 154 valence electrons. The maximum Gasteiger partial charge on any atom is 0.290 e. The van der Waals surface area contributed by atoms with Crippen molar-refractivity contribution >= 4 is 17.3 Å². The highest BCUT2D eigenvalue weighted by atomic mass is 32.2. The van der Waals surface area contributed by atoms with E-state index >= 15 is 0 Å². The second-order valence-electron chi connectivity index (χ2n) is 6.78. The zero-order valence-corrected chi connectivity index (χ0v) is 17.1. The van der Waals surface area contributed by atoms with Crippen molar-refractivity contribution in [2.24, 2.45) is 0 Å². The van der Waals surface area contributed by atoms with E-state index in [1.807, 2.05) is 31.2 Å². The van der Waals surface area contributed by atoms with Crippen LogP contribution in [-0.4, -0.2) is 30.0 Å². The number of halogens is 1. The minimum absolute atomic E-state index is 0.336. The molecule has 1 N–H and O–H groups in total. The highest BCUT2D eigenvalue weighted by Crippen LogP contribution is 2.25. The van der Waals surface area contributed by atoms with Crippen LogP contribution in [0, 0.1) is 12.7 Å². The molecule has 8 nitrogen and oxygen atoms in total. The predicted molar refractivity (Wildman–Crippen MR) is 113 cm³/mol. The summed E-state index contributed by atoms with van der Waals surface area (Å²) < 4.78 is 20.0. The Bertz CT molecular complexity index is 1440. The molecule has 10 heteroatoms. The lowest BCUT2D eigenvalue weighted by Crippen LogP contribution is -2.13. The quantitative estimate of drug-likeness (QED) is 0.419. The molecule has 0 radical (unpaired) electrons. The van der Waals surface area contributed by atoms with Crippen molar-refractivity contribution in [3.63, 3.8) is 0 Å². The number of aryl methyl sites for hydroxylation is 1. The van der Waals surface area contributed by atoms with Gasteiger partial charge in [-0.2, -0.15) is 10.1 Å². The number of thioether (sulfide) groups is 1.